The van der Waals surface area contributed by atoms with E-state index in [2.05, 4.69) is 211 Å². The Morgan fingerprint density at radius 3 is 1.80 bits per heavy atom. The molecule has 0 aromatic heterocycles. The van der Waals surface area contributed by atoms with Crippen LogP contribution in [-0.4, -0.2) is 181 Å². The molecular formula is C79H141IO16SSi5. The largest absolute Gasteiger partial charge is 0.414 e. The summed E-state index contributed by atoms with van der Waals surface area (Å²) in [4.78, 5) is 17.1. The summed E-state index contributed by atoms with van der Waals surface area (Å²) in [5, 5.41) is -0.617. The lowest BCUT2D eigenvalue weighted by Gasteiger charge is -2.56. The first-order valence-corrected chi connectivity index (χ1v) is 55.4. The molecule has 0 aliphatic carbocycles. The molecule has 23 heteroatoms. The smallest absolute Gasteiger partial charge is 0.193 e. The predicted octanol–water partition coefficient (Wildman–Crippen LogP) is 19.6. The van der Waals surface area contributed by atoms with Crippen molar-refractivity contribution in [1.29, 1.82) is 0 Å². The number of benzene rings is 1. The maximum absolute atomic E-state index is 16.9. The zero-order valence-electron chi connectivity index (χ0n) is 68.5. The Labute approximate surface area is 640 Å². The third-order valence-electron chi connectivity index (χ3n) is 26.0. The highest BCUT2D eigenvalue weighted by molar-refractivity contribution is 14.1. The van der Waals surface area contributed by atoms with E-state index in [1.54, 1.807) is 19.2 Å². The van der Waals surface area contributed by atoms with Gasteiger partial charge in [-0.25, -0.2) is 4.21 Å². The van der Waals surface area contributed by atoms with Gasteiger partial charge in [0.25, 0.3) is 0 Å². The van der Waals surface area contributed by atoms with Crippen molar-refractivity contribution < 1.29 is 73.6 Å². The number of ether oxygens (including phenoxy) is 8. The van der Waals surface area contributed by atoms with Gasteiger partial charge in [-0.1, -0.05) is 153 Å². The van der Waals surface area contributed by atoms with Crippen LogP contribution < -0.4 is 0 Å². The summed E-state index contributed by atoms with van der Waals surface area (Å²) in [7, 11) is -10.7. The van der Waals surface area contributed by atoms with Crippen molar-refractivity contribution in [1.82, 2.24) is 0 Å². The molecule has 1 N–H and O–H groups in total. The Morgan fingerprint density at radius 1 is 0.686 bits per heavy atom. The minimum absolute atomic E-state index is 0.0360. The molecule has 16 nitrogen and oxygen atoms in total. The third kappa shape index (κ3) is 21.8. The van der Waals surface area contributed by atoms with Gasteiger partial charge < -0.3 is 64.6 Å². The summed E-state index contributed by atoms with van der Waals surface area (Å²) >= 11 is -0.0439. The monoisotopic (exact) mass is 1640 g/mol. The number of methoxy groups -OCH3 is 1. The molecule has 1 aromatic rings. The molecule has 6 saturated heterocycles. The summed E-state index contributed by atoms with van der Waals surface area (Å²) in [5.41, 5.74) is 3.59. The molecule has 0 saturated carbocycles. The van der Waals surface area contributed by atoms with E-state index >= 15 is 4.79 Å². The van der Waals surface area contributed by atoms with Gasteiger partial charge in [0, 0.05) is 38.7 Å². The van der Waals surface area contributed by atoms with Crippen molar-refractivity contribution in [2.24, 2.45) is 11.8 Å². The number of hydrogen-bond donors (Lipinski definition) is 1. The maximum atomic E-state index is 16.9. The number of fused-ring (bicyclic) bond motifs is 1. The molecule has 19 atom stereocenters. The summed E-state index contributed by atoms with van der Waals surface area (Å²) in [6.45, 7) is 72.1. The number of ketones is 1. The van der Waals surface area contributed by atoms with Gasteiger partial charge >= 0.3 is 0 Å². The number of Topliss-reactive ketones (excluding diaryl/α,β-unsaturated/α-hetero) is 1. The Kier molecular flexibility index (Phi) is 30.1. The highest BCUT2D eigenvalue weighted by Crippen LogP contribution is 2.51. The second kappa shape index (κ2) is 34.6. The molecule has 0 amide bonds. The van der Waals surface area contributed by atoms with E-state index in [1.165, 1.54) is 0 Å². The van der Waals surface area contributed by atoms with Gasteiger partial charge in [0.05, 0.1) is 97.8 Å². The van der Waals surface area contributed by atoms with Crippen LogP contribution in [0, 0.1) is 18.8 Å². The van der Waals surface area contributed by atoms with Crippen LogP contribution in [0.25, 0.3) is 0 Å². The van der Waals surface area contributed by atoms with E-state index in [9.17, 15) is 8.76 Å². The lowest BCUT2D eigenvalue weighted by Crippen LogP contribution is -2.69. The summed E-state index contributed by atoms with van der Waals surface area (Å²) in [6, 6.07) is 5.28. The predicted molar refractivity (Wildman–Crippen MR) is 434 cm³/mol. The average Bonchev–Trinajstić information content (AvgIpc) is 0.768. The molecule has 6 aliphatic rings. The van der Waals surface area contributed by atoms with Gasteiger partial charge in [0.15, 0.2) is 59.0 Å². The van der Waals surface area contributed by atoms with E-state index in [4.69, 9.17) is 66.6 Å². The van der Waals surface area contributed by atoms with Crippen molar-refractivity contribution >= 4 is 81.0 Å². The van der Waals surface area contributed by atoms with E-state index < -0.39 is 126 Å². The second-order valence-electron chi connectivity index (χ2n) is 38.6. The van der Waals surface area contributed by atoms with Gasteiger partial charge in [-0.2, -0.15) is 0 Å². The zero-order valence-corrected chi connectivity index (χ0v) is 76.5. The van der Waals surface area contributed by atoms with Crippen LogP contribution in [0.4, 0.5) is 0 Å². The first-order valence-electron chi connectivity index (χ1n) is 38.5. The Balaban J connectivity index is 1.32. The fraction of sp³-hybridized carbons (Fsp3) is 0.835. The number of rotatable bonds is 30. The Hall–Kier alpha value is -0.486. The van der Waals surface area contributed by atoms with Crippen molar-refractivity contribution in [2.75, 3.05) is 26.9 Å². The molecule has 102 heavy (non-hydrogen) atoms. The number of carbonyl (C=O) groups is 1. The lowest BCUT2D eigenvalue weighted by molar-refractivity contribution is -0.268. The van der Waals surface area contributed by atoms with Crippen LogP contribution in [0.1, 0.15) is 198 Å². The minimum atomic E-state index is -2.67. The SMILES string of the molecule is C=C1C[C@H](CCC2OCCO2)O[C@H]1CC[C@H]1C[C@@H](C)C(=C)[C@@H](C[C@@H]2O[C@H](CC(CO[Si](C)(C)C(C)(C)C)O[Si](C)(C)C(C)(C)C)[C@H](OC)[C@H]2CC(=O)C(c2cc(S(=O)O)ccc2C)[C@H]2CC[C@@H]3O[C@@H](C(/C=C/I)O[Si](C)(C)C(C)(C)C)C(O[Si](C)(C)C(C)(C)C)C(O[Si](C)(C)C(C)(C)C)[C@H]3O2)O1. The number of hydrogen-bond acceptors (Lipinski definition) is 15. The molecule has 0 bridgehead atoms. The number of carbonyl (C=O) groups excluding carboxylic acids is 1. The molecule has 6 fully saturated rings. The van der Waals surface area contributed by atoms with Gasteiger partial charge in [-0.3, -0.25) is 4.79 Å². The molecule has 0 spiro atoms. The van der Waals surface area contributed by atoms with Crippen LogP contribution in [0.2, 0.25) is 90.7 Å². The van der Waals surface area contributed by atoms with E-state index in [1.807, 2.05) is 17.1 Å². The fourth-order valence-electron chi connectivity index (χ4n) is 14.3. The van der Waals surface area contributed by atoms with Crippen LogP contribution in [-0.2, 0) is 75.9 Å². The van der Waals surface area contributed by atoms with Crippen LogP contribution in [0.15, 0.2) is 57.6 Å². The second-order valence-corrected chi connectivity index (χ2v) is 64.2. The maximum Gasteiger partial charge on any atom is 0.193 e. The minimum Gasteiger partial charge on any atom is -0.414 e. The average molecular weight is 1650 g/mol. The van der Waals surface area contributed by atoms with Crippen molar-refractivity contribution in [3.05, 3.63) is 63.8 Å². The first kappa shape index (κ1) is 88.7. The number of halogens is 1. The Morgan fingerprint density at radius 2 is 1.25 bits per heavy atom. The normalized spacial score (nSPS) is 30.9. The van der Waals surface area contributed by atoms with Crippen molar-refractivity contribution in [2.45, 2.75) is 388 Å². The van der Waals surface area contributed by atoms with Gasteiger partial charge in [-0.05, 0) is 193 Å². The highest BCUT2D eigenvalue weighted by Gasteiger charge is 2.60. The molecule has 7 rings (SSSR count). The first-order chi connectivity index (χ1) is 46.7. The summed E-state index contributed by atoms with van der Waals surface area (Å²) in [5.74, 6) is -1.30. The van der Waals surface area contributed by atoms with Crippen molar-refractivity contribution in [3.63, 3.8) is 0 Å². The molecule has 6 heterocycles. The van der Waals surface area contributed by atoms with E-state index in [0.717, 1.165) is 55.2 Å². The lowest BCUT2D eigenvalue weighted by atomic mass is 9.76. The highest BCUT2D eigenvalue weighted by atomic mass is 127. The van der Waals surface area contributed by atoms with Gasteiger partial charge in [0.2, 0.25) is 0 Å². The van der Waals surface area contributed by atoms with Gasteiger partial charge in [-0.15, -0.1) is 0 Å². The summed E-state index contributed by atoms with van der Waals surface area (Å²) in [6.07, 6.45) is 2.33. The number of aryl methyl sites for hydroxylation is 1. The third-order valence-corrected chi connectivity index (χ3v) is 49.5. The zero-order chi connectivity index (χ0) is 76.6. The quantitative estimate of drug-likeness (QED) is 0.0333. The summed E-state index contributed by atoms with van der Waals surface area (Å²) < 4.78 is 119. The molecule has 6 aliphatic heterocycles. The topological polar surface area (TPSA) is 174 Å². The molecule has 1 aromatic carbocycles. The van der Waals surface area contributed by atoms with E-state index in [-0.39, 0.29) is 85.0 Å². The molecular weight excluding hydrogens is 1500 g/mol. The molecule has 0 radical (unpaired) electrons. The van der Waals surface area contributed by atoms with Crippen LogP contribution in [0.3, 0.4) is 0 Å². The fourth-order valence-corrected chi connectivity index (χ4v) is 21.3. The van der Waals surface area contributed by atoms with Crippen LogP contribution >= 0.6 is 22.6 Å². The molecule has 6 unspecified atom stereocenters. The standard InChI is InChI=1S/C79H141IO16SSi5/c1-50-31-34-57(97(82)83)46-58(50)69(62-36-37-63-71(91-62)73(95-101(27,28)78(14,15)16)74(96-102(29,30)79(17,18)19)72(92-63)64(39-40-80)94-100(25,26)77(11,12)13)60(81)47-59-66(90-67(70(59)84-20)45-56(93-99(23,24)76(8,9)10)49-87-98(21,22)75(5,6)7)48-65-53(4)51(2)43-54(89-65)32-35-61-52(3)44-55(88-61)33-38-68-85-41-42-86-68/h31,34,39-40,46,51,54-56,59,61-74H,3-4,32-33,35-38,41-45,47-49H2,1-2,5-30H3,(H,82,83)/b40-39+/t51-,54+,55+,56?,59+,61+,62-,63+,64?,65-,66+,67-,69?,70-,71+,72+,73?,74?/m1/s1. The Bertz CT molecular complexity index is 3010. The van der Waals surface area contributed by atoms with Crippen molar-refractivity contribution in [3.8, 4) is 0 Å². The molecule has 586 valence electrons. The van der Waals surface area contributed by atoms with E-state index in [0.29, 0.717) is 51.1 Å². The van der Waals surface area contributed by atoms with Gasteiger partial charge in [0.1, 0.15) is 30.2 Å². The van der Waals surface area contributed by atoms with Crippen LogP contribution in [0.5, 0.6) is 0 Å².